The normalized spacial score (nSPS) is 25.2. The van der Waals surface area contributed by atoms with Gasteiger partial charge in [0.15, 0.2) is 0 Å². The minimum atomic E-state index is -0.609. The van der Waals surface area contributed by atoms with Gasteiger partial charge in [-0.3, -0.25) is 0 Å². The molecule has 0 nitrogen and oxygen atoms in total. The molecule has 0 amide bonds. The van der Waals surface area contributed by atoms with E-state index in [0.717, 1.165) is 0 Å². The summed E-state index contributed by atoms with van der Waals surface area (Å²) in [4.78, 5) is 0. The first-order valence-corrected chi connectivity index (χ1v) is 6.30. The molecule has 0 aliphatic carbocycles. The molecule has 10 heavy (non-hydrogen) atoms. The maximum Gasteiger partial charge on any atom is 0.0865 e. The molecular weight excluding hydrogens is 136 g/mol. The molecule has 0 N–H and O–H groups in total. The molecule has 0 aromatic carbocycles. The van der Waals surface area contributed by atoms with E-state index < -0.39 is 8.80 Å². The minimum absolute atomic E-state index is 0.412. The summed E-state index contributed by atoms with van der Waals surface area (Å²) in [6.45, 7) is 9.29. The smallest absolute Gasteiger partial charge is 0.0865 e. The first kappa shape index (κ1) is 7.80. The Morgan fingerprint density at radius 3 is 2.10 bits per heavy atom. The third-order valence-corrected chi connectivity index (χ3v) is 4.87. The number of rotatable bonds is 0. The van der Waals surface area contributed by atoms with E-state index in [4.69, 9.17) is 0 Å². The van der Waals surface area contributed by atoms with Crippen LogP contribution in [-0.2, 0) is 0 Å². The fraction of sp³-hybridized carbons (Fsp3) is 0.556. The fourth-order valence-electron chi connectivity index (χ4n) is 1.51. The second-order valence-corrected chi connectivity index (χ2v) is 6.63. The quantitative estimate of drug-likeness (QED) is 0.468. The monoisotopic (exact) mass is 152 g/mol. The zero-order chi connectivity index (χ0) is 7.78. The predicted molar refractivity (Wildman–Crippen MR) is 49.7 cm³/mol. The molecule has 0 bridgehead atoms. The summed E-state index contributed by atoms with van der Waals surface area (Å²) in [6.07, 6.45) is 4.52. The molecule has 1 unspecified atom stereocenters. The highest BCUT2D eigenvalue weighted by Crippen LogP contribution is 2.30. The van der Waals surface area contributed by atoms with Gasteiger partial charge in [0, 0.05) is 0 Å². The lowest BCUT2D eigenvalue weighted by Crippen LogP contribution is -2.19. The highest BCUT2D eigenvalue weighted by molar-refractivity contribution is 6.71. The van der Waals surface area contributed by atoms with Gasteiger partial charge in [-0.25, -0.2) is 0 Å². The van der Waals surface area contributed by atoms with Crippen molar-refractivity contribution in [1.29, 1.82) is 0 Å². The Hall–Kier alpha value is -0.303. The van der Waals surface area contributed by atoms with Gasteiger partial charge in [-0.05, 0) is 5.41 Å². The van der Waals surface area contributed by atoms with Gasteiger partial charge in [0.25, 0.3) is 0 Å². The molecule has 1 heteroatoms. The first-order valence-electron chi connectivity index (χ1n) is 3.90. The Morgan fingerprint density at radius 2 is 1.90 bits per heavy atom. The third kappa shape index (κ3) is 1.40. The van der Waals surface area contributed by atoms with E-state index in [1.54, 1.807) is 5.20 Å². The summed E-state index contributed by atoms with van der Waals surface area (Å²) in [5.41, 5.74) is 2.80. The first-order chi connectivity index (χ1) is 4.52. The van der Waals surface area contributed by atoms with Crippen LogP contribution in [-0.4, -0.2) is 8.80 Å². The van der Waals surface area contributed by atoms with E-state index in [2.05, 4.69) is 45.2 Å². The van der Waals surface area contributed by atoms with Crippen LogP contribution < -0.4 is 0 Å². The largest absolute Gasteiger partial charge is 0.0935 e. The average molecular weight is 152 g/mol. The van der Waals surface area contributed by atoms with Crippen LogP contribution in [0.4, 0.5) is 0 Å². The Kier molecular flexibility index (Phi) is 1.86. The van der Waals surface area contributed by atoms with E-state index in [0.29, 0.717) is 5.41 Å². The highest BCUT2D eigenvalue weighted by Gasteiger charge is 2.22. The summed E-state index contributed by atoms with van der Waals surface area (Å²) >= 11 is 0. The molecule has 0 aromatic rings. The number of hydrogen-bond acceptors (Lipinski definition) is 0. The maximum atomic E-state index is 2.39. The summed E-state index contributed by atoms with van der Waals surface area (Å²) in [6, 6.07) is 0. The third-order valence-electron chi connectivity index (χ3n) is 2.03. The molecule has 0 saturated carbocycles. The topological polar surface area (TPSA) is 0 Å². The van der Waals surface area contributed by atoms with E-state index in [-0.39, 0.29) is 0 Å². The van der Waals surface area contributed by atoms with Crippen molar-refractivity contribution in [2.75, 3.05) is 0 Å². The van der Waals surface area contributed by atoms with Crippen LogP contribution in [0.25, 0.3) is 0 Å². The highest BCUT2D eigenvalue weighted by atomic mass is 28.3. The molecule has 0 radical (unpaired) electrons. The number of hydrogen-bond donors (Lipinski definition) is 0. The second-order valence-electron chi connectivity index (χ2n) is 4.05. The van der Waals surface area contributed by atoms with Gasteiger partial charge in [-0.15, -0.1) is 0 Å². The lowest BCUT2D eigenvalue weighted by atomic mass is 9.96. The predicted octanol–water partition coefficient (Wildman–Crippen LogP) is 2.46. The second kappa shape index (κ2) is 2.39. The standard InChI is InChI=1S/C9H16Si/c1-9(2,3)8-6-5-7-10(8)4/h5-7,10H,1-4H3. The lowest BCUT2D eigenvalue weighted by molar-refractivity contribution is 0.528. The SMILES string of the molecule is C[SiH]1C=CC=C1C(C)(C)C. The number of allylic oxidation sites excluding steroid dienone is 3. The molecule has 1 aliphatic rings. The van der Waals surface area contributed by atoms with Crippen molar-refractivity contribution in [3.05, 3.63) is 23.0 Å². The van der Waals surface area contributed by atoms with Gasteiger partial charge >= 0.3 is 0 Å². The van der Waals surface area contributed by atoms with Crippen molar-refractivity contribution in [2.24, 2.45) is 5.41 Å². The van der Waals surface area contributed by atoms with Crippen molar-refractivity contribution < 1.29 is 0 Å². The van der Waals surface area contributed by atoms with Crippen LogP contribution in [0.15, 0.2) is 23.0 Å². The molecule has 1 aliphatic heterocycles. The lowest BCUT2D eigenvalue weighted by Gasteiger charge is -2.23. The zero-order valence-electron chi connectivity index (χ0n) is 7.31. The molecule has 1 rings (SSSR count). The molecule has 1 atom stereocenters. The van der Waals surface area contributed by atoms with E-state index in [9.17, 15) is 0 Å². The van der Waals surface area contributed by atoms with Gasteiger partial charge in [-0.2, -0.15) is 0 Å². The van der Waals surface area contributed by atoms with Gasteiger partial charge in [0.05, 0.1) is 8.80 Å². The fourth-order valence-corrected chi connectivity index (χ4v) is 3.95. The maximum absolute atomic E-state index is 2.39. The Labute approximate surface area is 65.3 Å². The molecule has 56 valence electrons. The molecule has 0 saturated heterocycles. The summed E-state index contributed by atoms with van der Waals surface area (Å²) in [7, 11) is -0.609. The molecule has 0 fully saturated rings. The van der Waals surface area contributed by atoms with Crippen molar-refractivity contribution in [1.82, 2.24) is 0 Å². The summed E-state index contributed by atoms with van der Waals surface area (Å²) < 4.78 is 0. The van der Waals surface area contributed by atoms with Crippen molar-refractivity contribution in [3.63, 3.8) is 0 Å². The van der Waals surface area contributed by atoms with Crippen LogP contribution in [0.3, 0.4) is 0 Å². The van der Waals surface area contributed by atoms with Gasteiger partial charge in [0.2, 0.25) is 0 Å². The van der Waals surface area contributed by atoms with E-state index in [1.807, 2.05) is 0 Å². The Bertz CT molecular complexity index is 181. The Morgan fingerprint density at radius 1 is 1.30 bits per heavy atom. The van der Waals surface area contributed by atoms with Crippen LogP contribution >= 0.6 is 0 Å². The van der Waals surface area contributed by atoms with Crippen molar-refractivity contribution in [2.45, 2.75) is 27.3 Å². The Balaban J connectivity index is 2.78. The summed E-state index contributed by atoms with van der Waals surface area (Å²) in [5.74, 6) is 0. The van der Waals surface area contributed by atoms with Crippen molar-refractivity contribution >= 4 is 8.80 Å². The van der Waals surface area contributed by atoms with Crippen LogP contribution in [0.1, 0.15) is 20.8 Å². The molecule has 1 heterocycles. The minimum Gasteiger partial charge on any atom is -0.0935 e. The van der Waals surface area contributed by atoms with Gasteiger partial charge in [-0.1, -0.05) is 50.4 Å². The van der Waals surface area contributed by atoms with Crippen LogP contribution in [0, 0.1) is 5.41 Å². The average Bonchev–Trinajstić information content (AvgIpc) is 2.11. The molecular formula is C9H16Si. The van der Waals surface area contributed by atoms with E-state index >= 15 is 0 Å². The van der Waals surface area contributed by atoms with Crippen molar-refractivity contribution in [3.8, 4) is 0 Å². The zero-order valence-corrected chi connectivity index (χ0v) is 8.46. The van der Waals surface area contributed by atoms with E-state index in [1.165, 1.54) is 0 Å². The molecule has 0 spiro atoms. The van der Waals surface area contributed by atoms with Crippen LogP contribution in [0.2, 0.25) is 6.55 Å². The summed E-state index contributed by atoms with van der Waals surface area (Å²) in [5, 5.41) is 1.69. The molecule has 0 aromatic heterocycles. The van der Waals surface area contributed by atoms with Gasteiger partial charge in [0.1, 0.15) is 0 Å². The van der Waals surface area contributed by atoms with Crippen LogP contribution in [0.5, 0.6) is 0 Å². The van der Waals surface area contributed by atoms with Gasteiger partial charge < -0.3 is 0 Å².